The molecule has 9 heteroatoms. The zero-order valence-electron chi connectivity index (χ0n) is 10.7. The number of hydrogen-bond acceptors (Lipinski definition) is 4. The van der Waals surface area contributed by atoms with Crippen LogP contribution in [0.5, 0.6) is 0 Å². The summed E-state index contributed by atoms with van der Waals surface area (Å²) < 4.78 is 37.4. The molecule has 5 nitrogen and oxygen atoms in total. The van der Waals surface area contributed by atoms with E-state index in [0.717, 1.165) is 0 Å². The molecule has 2 unspecified atom stereocenters. The summed E-state index contributed by atoms with van der Waals surface area (Å²) in [4.78, 5) is 13.7. The molecule has 1 saturated heterocycles. The lowest BCUT2D eigenvalue weighted by Gasteiger charge is -2.19. The molecule has 2 atom stereocenters. The van der Waals surface area contributed by atoms with Crippen LogP contribution in [0.3, 0.4) is 0 Å². The number of alkyl halides is 3. The molecule has 1 aromatic heterocycles. The highest BCUT2D eigenvalue weighted by molar-refractivity contribution is 9.10. The van der Waals surface area contributed by atoms with Crippen LogP contribution in [-0.2, 0) is 6.54 Å². The number of rotatable bonds is 2. The minimum absolute atomic E-state index is 0.0282. The molecular formula is C11H14BrF3N4O. The van der Waals surface area contributed by atoms with Gasteiger partial charge in [0.25, 0.3) is 5.56 Å². The lowest BCUT2D eigenvalue weighted by molar-refractivity contribution is -0.143. The summed E-state index contributed by atoms with van der Waals surface area (Å²) in [6, 6.07) is -0.0282. The Hall–Kier alpha value is -1.09. The van der Waals surface area contributed by atoms with Gasteiger partial charge in [0, 0.05) is 19.1 Å². The summed E-state index contributed by atoms with van der Waals surface area (Å²) in [5, 5.41) is 3.59. The van der Waals surface area contributed by atoms with Gasteiger partial charge in [-0.25, -0.2) is 4.68 Å². The fourth-order valence-electron chi connectivity index (χ4n) is 2.15. The molecule has 20 heavy (non-hydrogen) atoms. The number of hydrogen-bond donors (Lipinski definition) is 1. The minimum atomic E-state index is -4.48. The first kappa shape index (κ1) is 15.3. The van der Waals surface area contributed by atoms with E-state index in [1.807, 2.05) is 11.8 Å². The highest BCUT2D eigenvalue weighted by Crippen LogP contribution is 2.27. The summed E-state index contributed by atoms with van der Waals surface area (Å²) in [6.45, 7) is 1.77. The van der Waals surface area contributed by atoms with Gasteiger partial charge in [-0.15, -0.1) is 0 Å². The molecule has 0 bridgehead atoms. The fourth-order valence-corrected chi connectivity index (χ4v) is 2.71. The van der Waals surface area contributed by atoms with Gasteiger partial charge in [0.1, 0.15) is 11.0 Å². The molecule has 1 fully saturated rings. The van der Waals surface area contributed by atoms with E-state index in [-0.39, 0.29) is 16.4 Å². The van der Waals surface area contributed by atoms with Crippen LogP contribution < -0.4 is 16.2 Å². The van der Waals surface area contributed by atoms with Crippen molar-refractivity contribution in [1.29, 1.82) is 0 Å². The summed E-state index contributed by atoms with van der Waals surface area (Å²) in [5.74, 6) is 0.250. The quantitative estimate of drug-likeness (QED) is 0.870. The Morgan fingerprint density at radius 1 is 1.50 bits per heavy atom. The maximum absolute atomic E-state index is 12.3. The molecule has 112 valence electrons. The van der Waals surface area contributed by atoms with Crippen LogP contribution in [0, 0.1) is 5.92 Å². The topological polar surface area (TPSA) is 64.2 Å². The van der Waals surface area contributed by atoms with Gasteiger partial charge in [0.05, 0.1) is 11.9 Å². The molecule has 0 radical (unpaired) electrons. The van der Waals surface area contributed by atoms with Crippen molar-refractivity contribution in [2.75, 3.05) is 18.0 Å². The zero-order valence-corrected chi connectivity index (χ0v) is 12.3. The third-order valence-electron chi connectivity index (χ3n) is 3.31. The lowest BCUT2D eigenvalue weighted by atomic mass is 10.1. The summed E-state index contributed by atoms with van der Waals surface area (Å²) in [7, 11) is 0. The fraction of sp³-hybridized carbons (Fsp3) is 0.636. The maximum atomic E-state index is 12.3. The molecule has 2 N–H and O–H groups in total. The average molecular weight is 355 g/mol. The van der Waals surface area contributed by atoms with Crippen molar-refractivity contribution in [2.45, 2.75) is 25.7 Å². The maximum Gasteiger partial charge on any atom is 0.408 e. The van der Waals surface area contributed by atoms with Gasteiger partial charge in [-0.1, -0.05) is 6.92 Å². The Balaban J connectivity index is 2.30. The monoisotopic (exact) mass is 354 g/mol. The molecule has 0 spiro atoms. The Morgan fingerprint density at radius 3 is 2.65 bits per heavy atom. The van der Waals surface area contributed by atoms with Gasteiger partial charge in [0.15, 0.2) is 0 Å². The Morgan fingerprint density at radius 2 is 2.15 bits per heavy atom. The number of nitrogens with zero attached hydrogens (tertiary/aromatic N) is 3. The van der Waals surface area contributed by atoms with E-state index in [4.69, 9.17) is 5.73 Å². The van der Waals surface area contributed by atoms with Crippen molar-refractivity contribution in [3.63, 3.8) is 0 Å². The third kappa shape index (κ3) is 3.14. The van der Waals surface area contributed by atoms with E-state index in [9.17, 15) is 18.0 Å². The van der Waals surface area contributed by atoms with Gasteiger partial charge in [-0.2, -0.15) is 18.3 Å². The molecule has 2 heterocycles. The minimum Gasteiger partial charge on any atom is -0.367 e. The van der Waals surface area contributed by atoms with Crippen molar-refractivity contribution in [3.05, 3.63) is 21.0 Å². The molecular weight excluding hydrogens is 341 g/mol. The van der Waals surface area contributed by atoms with Gasteiger partial charge in [-0.05, 0) is 21.8 Å². The van der Waals surface area contributed by atoms with Crippen LogP contribution in [0.4, 0.5) is 18.9 Å². The number of anilines is 1. The Kier molecular flexibility index (Phi) is 4.10. The van der Waals surface area contributed by atoms with E-state index < -0.39 is 18.3 Å². The van der Waals surface area contributed by atoms with Gasteiger partial charge in [-0.3, -0.25) is 4.79 Å². The average Bonchev–Trinajstić information content (AvgIpc) is 2.64. The van der Waals surface area contributed by atoms with Crippen LogP contribution >= 0.6 is 15.9 Å². The molecule has 2 rings (SSSR count). The SMILES string of the molecule is CC1CN(c2cnn(CC(F)(F)F)c(=O)c2Br)CC1N. The predicted octanol–water partition coefficient (Wildman–Crippen LogP) is 1.35. The molecule has 0 saturated carbocycles. The van der Waals surface area contributed by atoms with Crippen molar-refractivity contribution >= 4 is 21.6 Å². The Labute approximate surface area is 121 Å². The highest BCUT2D eigenvalue weighted by Gasteiger charge is 2.32. The van der Waals surface area contributed by atoms with Crippen LogP contribution in [-0.4, -0.2) is 35.1 Å². The molecule has 0 aromatic carbocycles. The van der Waals surface area contributed by atoms with Gasteiger partial charge >= 0.3 is 6.18 Å². The smallest absolute Gasteiger partial charge is 0.367 e. The van der Waals surface area contributed by atoms with Crippen molar-refractivity contribution in [2.24, 2.45) is 11.7 Å². The summed E-state index contributed by atoms with van der Waals surface area (Å²) in [6.07, 6.45) is -3.22. The Bertz CT molecular complexity index is 550. The number of halogens is 4. The van der Waals surface area contributed by atoms with Crippen LogP contribution in [0.15, 0.2) is 15.5 Å². The first-order valence-electron chi connectivity index (χ1n) is 6.02. The van der Waals surface area contributed by atoms with Crippen LogP contribution in [0.25, 0.3) is 0 Å². The van der Waals surface area contributed by atoms with E-state index >= 15 is 0 Å². The number of aromatic nitrogens is 2. The summed E-state index contributed by atoms with van der Waals surface area (Å²) in [5.41, 5.74) is 5.58. The normalized spacial score (nSPS) is 23.4. The second kappa shape index (κ2) is 5.36. The van der Waals surface area contributed by atoms with Crippen molar-refractivity contribution < 1.29 is 13.2 Å². The molecule has 0 aliphatic carbocycles. The standard InChI is InChI=1S/C11H14BrF3N4O/c1-6-3-18(4-7(6)16)8-2-17-19(5-11(13,14)15)10(20)9(8)12/h2,6-7H,3-5,16H2,1H3. The zero-order chi connectivity index (χ0) is 15.1. The largest absolute Gasteiger partial charge is 0.408 e. The lowest BCUT2D eigenvalue weighted by Crippen LogP contribution is -2.33. The van der Waals surface area contributed by atoms with E-state index in [0.29, 0.717) is 23.5 Å². The second-order valence-corrected chi connectivity index (χ2v) is 5.76. The van der Waals surface area contributed by atoms with Crippen molar-refractivity contribution in [1.82, 2.24) is 9.78 Å². The molecule has 0 amide bonds. The first-order valence-corrected chi connectivity index (χ1v) is 6.81. The van der Waals surface area contributed by atoms with E-state index in [1.54, 1.807) is 0 Å². The van der Waals surface area contributed by atoms with E-state index in [2.05, 4.69) is 21.0 Å². The van der Waals surface area contributed by atoms with E-state index in [1.165, 1.54) is 6.20 Å². The highest BCUT2D eigenvalue weighted by atomic mass is 79.9. The molecule has 1 aliphatic rings. The third-order valence-corrected chi connectivity index (χ3v) is 4.05. The van der Waals surface area contributed by atoms with Crippen LogP contribution in [0.1, 0.15) is 6.92 Å². The van der Waals surface area contributed by atoms with Crippen LogP contribution in [0.2, 0.25) is 0 Å². The van der Waals surface area contributed by atoms with Gasteiger partial charge < -0.3 is 10.6 Å². The first-order chi connectivity index (χ1) is 9.19. The van der Waals surface area contributed by atoms with Crippen molar-refractivity contribution in [3.8, 4) is 0 Å². The predicted molar refractivity (Wildman–Crippen MR) is 71.6 cm³/mol. The second-order valence-electron chi connectivity index (χ2n) is 4.97. The van der Waals surface area contributed by atoms with Gasteiger partial charge in [0.2, 0.25) is 0 Å². The summed E-state index contributed by atoms with van der Waals surface area (Å²) >= 11 is 3.07. The number of nitrogens with two attached hydrogens (primary N) is 1. The molecule has 1 aromatic rings. The molecule has 1 aliphatic heterocycles.